The van der Waals surface area contributed by atoms with Gasteiger partial charge in [0.2, 0.25) is 15.5 Å². The van der Waals surface area contributed by atoms with Gasteiger partial charge in [0.15, 0.2) is 0 Å². The van der Waals surface area contributed by atoms with Crippen LogP contribution in [0.4, 0.5) is 10.5 Å². The van der Waals surface area contributed by atoms with Crippen LogP contribution in [0.1, 0.15) is 11.1 Å². The maximum atomic E-state index is 14.2. The molecular formula is C28H18N4O5S. The summed E-state index contributed by atoms with van der Waals surface area (Å²) in [6, 6.07) is 28.7. The lowest BCUT2D eigenvalue weighted by molar-refractivity contribution is 0.248. The summed E-state index contributed by atoms with van der Waals surface area (Å²) in [5.41, 5.74) is -2.38. The minimum absolute atomic E-state index is 0.0484. The van der Waals surface area contributed by atoms with Gasteiger partial charge in [0.25, 0.3) is 0 Å². The number of nitrogens with zero attached hydrogens (tertiary/aromatic N) is 4. The SMILES string of the molecule is O=C1N(c2ccccc2)C2(c3ccccc3S(=O)(=O)c3ccccc32)n2c(=O)n(-c3ccccc3)c(=O)n21. The number of amides is 1. The fourth-order valence-electron chi connectivity index (χ4n) is 5.60. The topological polar surface area (TPSA) is 103 Å². The number of aromatic nitrogens is 3. The van der Waals surface area contributed by atoms with Gasteiger partial charge in [-0.2, -0.15) is 4.68 Å². The smallest absolute Gasteiger partial charge is 0.258 e. The Morgan fingerprint density at radius 2 is 1.03 bits per heavy atom. The number of sulfone groups is 1. The zero-order valence-corrected chi connectivity index (χ0v) is 20.4. The van der Waals surface area contributed by atoms with Crippen LogP contribution < -0.4 is 16.3 Å². The molecule has 2 aliphatic rings. The van der Waals surface area contributed by atoms with Gasteiger partial charge in [0.05, 0.1) is 15.5 Å². The van der Waals surface area contributed by atoms with Crippen molar-refractivity contribution in [3.05, 3.63) is 141 Å². The quantitative estimate of drug-likeness (QED) is 0.354. The molecule has 0 radical (unpaired) electrons. The summed E-state index contributed by atoms with van der Waals surface area (Å²) in [5, 5.41) is 0. The highest BCUT2D eigenvalue weighted by Crippen LogP contribution is 2.51. The van der Waals surface area contributed by atoms with Gasteiger partial charge in [-0.1, -0.05) is 72.8 Å². The van der Waals surface area contributed by atoms with Gasteiger partial charge in [-0.3, -0.25) is 4.90 Å². The van der Waals surface area contributed by atoms with Crippen molar-refractivity contribution in [3.63, 3.8) is 0 Å². The summed E-state index contributed by atoms with van der Waals surface area (Å²) in [5.74, 6) is 0. The number of benzene rings is 4. The molecule has 0 saturated carbocycles. The molecule has 3 heterocycles. The molecule has 186 valence electrons. The predicted molar refractivity (Wildman–Crippen MR) is 139 cm³/mol. The zero-order chi connectivity index (χ0) is 26.2. The summed E-state index contributed by atoms with van der Waals surface area (Å²) in [7, 11) is -4.01. The Morgan fingerprint density at radius 1 is 0.553 bits per heavy atom. The molecule has 1 aromatic heterocycles. The first-order chi connectivity index (χ1) is 18.4. The Balaban J connectivity index is 1.73. The lowest BCUT2D eigenvalue weighted by Crippen LogP contribution is -2.55. The average molecular weight is 523 g/mol. The molecule has 2 aliphatic heterocycles. The van der Waals surface area contributed by atoms with E-state index >= 15 is 0 Å². The summed E-state index contributed by atoms with van der Waals surface area (Å²) in [6.07, 6.45) is 0. The zero-order valence-electron chi connectivity index (χ0n) is 19.6. The normalized spacial score (nSPS) is 16.2. The van der Waals surface area contributed by atoms with Crippen molar-refractivity contribution in [2.75, 3.05) is 4.90 Å². The fourth-order valence-corrected chi connectivity index (χ4v) is 7.36. The Hall–Kier alpha value is -4.96. The first-order valence-electron chi connectivity index (χ1n) is 11.8. The van der Waals surface area contributed by atoms with Crippen LogP contribution in [0.2, 0.25) is 0 Å². The van der Waals surface area contributed by atoms with E-state index in [1.165, 1.54) is 17.0 Å². The van der Waals surface area contributed by atoms with Gasteiger partial charge in [-0.05, 0) is 36.4 Å². The minimum Gasteiger partial charge on any atom is -0.258 e. The monoisotopic (exact) mass is 522 g/mol. The molecule has 0 unspecified atom stereocenters. The maximum Gasteiger partial charge on any atom is 0.360 e. The molecule has 4 aromatic carbocycles. The Morgan fingerprint density at radius 3 is 1.58 bits per heavy atom. The third kappa shape index (κ3) is 2.54. The molecular weight excluding hydrogens is 504 g/mol. The van der Waals surface area contributed by atoms with Crippen molar-refractivity contribution >= 4 is 21.6 Å². The van der Waals surface area contributed by atoms with Crippen LogP contribution in [0.5, 0.6) is 0 Å². The summed E-state index contributed by atoms with van der Waals surface area (Å²) in [6.45, 7) is 0. The second kappa shape index (κ2) is 7.53. The number of carbonyl (C=O) groups is 1. The van der Waals surface area contributed by atoms with Gasteiger partial charge in [-0.25, -0.2) is 27.4 Å². The van der Waals surface area contributed by atoms with Gasteiger partial charge in [0.1, 0.15) is 0 Å². The van der Waals surface area contributed by atoms with E-state index in [9.17, 15) is 22.8 Å². The second-order valence-corrected chi connectivity index (χ2v) is 10.9. The third-order valence-corrected chi connectivity index (χ3v) is 8.95. The predicted octanol–water partition coefficient (Wildman–Crippen LogP) is 3.18. The number of anilines is 1. The highest BCUT2D eigenvalue weighted by molar-refractivity contribution is 7.91. The molecule has 0 aliphatic carbocycles. The molecule has 0 fully saturated rings. The number of carbonyl (C=O) groups excluding carboxylic acids is 1. The highest BCUT2D eigenvalue weighted by Gasteiger charge is 2.61. The van der Waals surface area contributed by atoms with Crippen LogP contribution in [0.15, 0.2) is 129 Å². The van der Waals surface area contributed by atoms with E-state index in [4.69, 9.17) is 0 Å². The fraction of sp³-hybridized carbons (Fsp3) is 0.0357. The number of para-hydroxylation sites is 2. The van der Waals surface area contributed by atoms with E-state index in [1.54, 1.807) is 97.1 Å². The van der Waals surface area contributed by atoms with E-state index < -0.39 is 32.9 Å². The standard InChI is InChI=1S/C28H18N4O5S/c33-25-29(19-11-3-1-4-12-19)26(34)32-28(30(27(35)31(25)32)20-13-5-2-6-14-20)21-15-7-9-17-23(21)38(36,37)24-18-10-8-16-22(24)28/h1-18H. The number of fused-ring (bicyclic) bond motifs is 6. The number of rotatable bonds is 2. The second-order valence-electron chi connectivity index (χ2n) is 8.98. The molecule has 10 heteroatoms. The Kier molecular flexibility index (Phi) is 4.41. The molecule has 0 saturated heterocycles. The summed E-state index contributed by atoms with van der Waals surface area (Å²) >= 11 is 0. The largest absolute Gasteiger partial charge is 0.360 e. The molecule has 0 atom stereocenters. The van der Waals surface area contributed by atoms with Crippen LogP contribution in [0.25, 0.3) is 5.69 Å². The van der Waals surface area contributed by atoms with Crippen LogP contribution >= 0.6 is 0 Å². The average Bonchev–Trinajstić information content (AvgIpc) is 3.38. The van der Waals surface area contributed by atoms with Crippen molar-refractivity contribution in [3.8, 4) is 5.69 Å². The molecule has 5 aromatic rings. The third-order valence-electron chi connectivity index (χ3n) is 7.08. The van der Waals surface area contributed by atoms with Crippen LogP contribution in [0, 0.1) is 0 Å². The molecule has 1 amide bonds. The molecule has 38 heavy (non-hydrogen) atoms. The highest BCUT2D eigenvalue weighted by atomic mass is 32.2. The van der Waals surface area contributed by atoms with Crippen LogP contribution in [0.3, 0.4) is 0 Å². The van der Waals surface area contributed by atoms with E-state index in [-0.39, 0.29) is 26.6 Å². The van der Waals surface area contributed by atoms with Crippen molar-refractivity contribution in [1.82, 2.24) is 13.9 Å². The lowest BCUT2D eigenvalue weighted by atomic mass is 9.88. The number of hydrogen-bond donors (Lipinski definition) is 0. The minimum atomic E-state index is -4.01. The van der Waals surface area contributed by atoms with Crippen molar-refractivity contribution in [1.29, 1.82) is 0 Å². The molecule has 0 N–H and O–H groups in total. The summed E-state index contributed by atoms with van der Waals surface area (Å²) in [4.78, 5) is 43.5. The lowest BCUT2D eigenvalue weighted by Gasteiger charge is -2.42. The van der Waals surface area contributed by atoms with Crippen molar-refractivity contribution in [2.45, 2.75) is 15.5 Å². The van der Waals surface area contributed by atoms with E-state index in [0.29, 0.717) is 5.69 Å². The van der Waals surface area contributed by atoms with Crippen molar-refractivity contribution in [2.24, 2.45) is 0 Å². The van der Waals surface area contributed by atoms with E-state index in [2.05, 4.69) is 0 Å². The van der Waals surface area contributed by atoms with Crippen LogP contribution in [-0.2, 0) is 15.5 Å². The van der Waals surface area contributed by atoms with Gasteiger partial charge in [-0.15, -0.1) is 4.68 Å². The first-order valence-corrected chi connectivity index (χ1v) is 13.2. The van der Waals surface area contributed by atoms with Gasteiger partial charge >= 0.3 is 17.4 Å². The summed E-state index contributed by atoms with van der Waals surface area (Å²) < 4.78 is 30.4. The van der Waals surface area contributed by atoms with Crippen molar-refractivity contribution < 1.29 is 13.2 Å². The number of hydrogen-bond acceptors (Lipinski definition) is 5. The van der Waals surface area contributed by atoms with Crippen LogP contribution in [-0.4, -0.2) is 28.4 Å². The molecule has 1 spiro atoms. The van der Waals surface area contributed by atoms with E-state index in [1.807, 2.05) is 0 Å². The van der Waals surface area contributed by atoms with Gasteiger partial charge in [0, 0.05) is 16.8 Å². The maximum absolute atomic E-state index is 14.2. The molecule has 7 rings (SSSR count). The van der Waals surface area contributed by atoms with Gasteiger partial charge < -0.3 is 0 Å². The molecule has 0 bridgehead atoms. The first kappa shape index (κ1) is 22.3. The molecule has 9 nitrogen and oxygen atoms in total. The Labute approximate surface area is 215 Å². The van der Waals surface area contributed by atoms with E-state index in [0.717, 1.165) is 13.9 Å². The Bertz CT molecular complexity index is 1950.